The topological polar surface area (TPSA) is 77.6 Å². The summed E-state index contributed by atoms with van der Waals surface area (Å²) >= 11 is 1.74. The van der Waals surface area contributed by atoms with E-state index in [0.29, 0.717) is 28.9 Å². The zero-order chi connectivity index (χ0) is 37.0. The molecule has 0 fully saturated rings. The van der Waals surface area contributed by atoms with Crippen LogP contribution in [0.25, 0.3) is 110 Å². The van der Waals surface area contributed by atoms with Crippen LogP contribution in [0, 0.1) is 0 Å². The highest BCUT2D eigenvalue weighted by Crippen LogP contribution is 2.45. The van der Waals surface area contributed by atoms with Crippen molar-refractivity contribution < 1.29 is 4.42 Å². The highest BCUT2D eigenvalue weighted by molar-refractivity contribution is 7.26. The Bertz CT molecular complexity index is 3230. The van der Waals surface area contributed by atoms with Gasteiger partial charge in [-0.1, -0.05) is 158 Å². The Labute approximate surface area is 325 Å². The van der Waals surface area contributed by atoms with Gasteiger partial charge in [0.25, 0.3) is 0 Å². The van der Waals surface area contributed by atoms with Crippen LogP contribution in [-0.2, 0) is 0 Å². The second kappa shape index (κ2) is 13.2. The fraction of sp³-hybridized carbons (Fsp3) is 0. The number of thiophene rings is 1. The standard InChI is InChI=1S/C49H29N5OS/c1-4-14-30(15-5-1)31-26-28-34(29-27-31)48-52-47(33-18-8-3-9-19-33)53-49(54-48)37-22-13-25-40-41(37)36-21-12-23-38(45(36)56-40)43-44-42(35-20-10-11-24-39(35)55-44)50-46(51-43)32-16-6-2-7-17-32/h1-29H. The number of benzene rings is 7. The van der Waals surface area contributed by atoms with E-state index in [-0.39, 0.29) is 0 Å². The Kier molecular flexibility index (Phi) is 7.57. The van der Waals surface area contributed by atoms with Crippen LogP contribution in [0.3, 0.4) is 0 Å². The molecule has 4 aromatic heterocycles. The molecular weight excluding hydrogens is 707 g/mol. The van der Waals surface area contributed by atoms with Gasteiger partial charge in [-0.05, 0) is 29.3 Å². The van der Waals surface area contributed by atoms with Crippen LogP contribution >= 0.6 is 11.3 Å². The lowest BCUT2D eigenvalue weighted by Gasteiger charge is -2.10. The molecule has 11 rings (SSSR count). The van der Waals surface area contributed by atoms with Crippen molar-refractivity contribution in [3.8, 4) is 67.9 Å². The third-order valence-electron chi connectivity index (χ3n) is 10.2. The molecule has 7 aromatic carbocycles. The zero-order valence-electron chi connectivity index (χ0n) is 29.8. The van der Waals surface area contributed by atoms with Crippen molar-refractivity contribution in [2.24, 2.45) is 0 Å². The van der Waals surface area contributed by atoms with Crippen molar-refractivity contribution in [3.63, 3.8) is 0 Å². The van der Waals surface area contributed by atoms with Crippen molar-refractivity contribution in [1.82, 2.24) is 24.9 Å². The highest BCUT2D eigenvalue weighted by Gasteiger charge is 2.23. The second-order valence-electron chi connectivity index (χ2n) is 13.6. The van der Waals surface area contributed by atoms with Crippen molar-refractivity contribution in [3.05, 3.63) is 176 Å². The van der Waals surface area contributed by atoms with Gasteiger partial charge in [0.15, 0.2) is 28.9 Å². The van der Waals surface area contributed by atoms with Crippen LogP contribution in [0.1, 0.15) is 0 Å². The second-order valence-corrected chi connectivity index (χ2v) is 14.7. The normalized spacial score (nSPS) is 11.6. The van der Waals surface area contributed by atoms with Gasteiger partial charge in [0.2, 0.25) is 0 Å². The molecule has 0 radical (unpaired) electrons. The highest BCUT2D eigenvalue weighted by atomic mass is 32.1. The van der Waals surface area contributed by atoms with Crippen LogP contribution in [-0.4, -0.2) is 24.9 Å². The molecular formula is C49H29N5OS. The summed E-state index contributed by atoms with van der Waals surface area (Å²) in [6.07, 6.45) is 0. The van der Waals surface area contributed by atoms with Gasteiger partial charge < -0.3 is 4.42 Å². The maximum atomic E-state index is 6.54. The first-order valence-electron chi connectivity index (χ1n) is 18.4. The SMILES string of the molecule is c1ccc(-c2ccc(-c3nc(-c4ccccc4)nc(-c4cccc5sc6c(-c7nc(-c8ccccc8)nc8c7oc7ccccc78)cccc6c45)n3)cc2)cc1. The van der Waals surface area contributed by atoms with E-state index in [0.717, 1.165) is 81.3 Å². The maximum absolute atomic E-state index is 6.54. The first kappa shape index (κ1) is 32.1. The van der Waals surface area contributed by atoms with Crippen LogP contribution in [0.15, 0.2) is 180 Å². The molecule has 0 atom stereocenters. The van der Waals surface area contributed by atoms with E-state index in [2.05, 4.69) is 91.0 Å². The first-order valence-corrected chi connectivity index (χ1v) is 19.2. The van der Waals surface area contributed by atoms with Crippen LogP contribution in [0.4, 0.5) is 0 Å². The fourth-order valence-electron chi connectivity index (χ4n) is 7.49. The summed E-state index contributed by atoms with van der Waals surface area (Å²) in [4.78, 5) is 25.6. The Morgan fingerprint density at radius 3 is 1.61 bits per heavy atom. The number of para-hydroxylation sites is 1. The molecule has 56 heavy (non-hydrogen) atoms. The van der Waals surface area contributed by atoms with Crippen molar-refractivity contribution >= 4 is 53.6 Å². The Balaban J connectivity index is 1.12. The average Bonchev–Trinajstić information content (AvgIpc) is 3.86. The van der Waals surface area contributed by atoms with Gasteiger partial charge >= 0.3 is 0 Å². The average molecular weight is 736 g/mol. The van der Waals surface area contributed by atoms with Crippen molar-refractivity contribution in [2.75, 3.05) is 0 Å². The van der Waals surface area contributed by atoms with Gasteiger partial charge in [0.1, 0.15) is 16.8 Å². The summed E-state index contributed by atoms with van der Waals surface area (Å²) in [6.45, 7) is 0. The Morgan fingerprint density at radius 1 is 0.375 bits per heavy atom. The summed E-state index contributed by atoms with van der Waals surface area (Å²) < 4.78 is 8.76. The number of fused-ring (bicyclic) bond motifs is 6. The summed E-state index contributed by atoms with van der Waals surface area (Å²) in [6, 6.07) is 59.9. The monoisotopic (exact) mass is 735 g/mol. The zero-order valence-corrected chi connectivity index (χ0v) is 30.6. The third kappa shape index (κ3) is 5.44. The minimum atomic E-state index is 0.616. The lowest BCUT2D eigenvalue weighted by molar-refractivity contribution is 0.667. The number of nitrogens with zero attached hydrogens (tertiary/aromatic N) is 5. The van der Waals surface area contributed by atoms with Crippen LogP contribution in [0.2, 0.25) is 0 Å². The van der Waals surface area contributed by atoms with Crippen molar-refractivity contribution in [2.45, 2.75) is 0 Å². The molecule has 7 heteroatoms. The molecule has 0 bridgehead atoms. The number of hydrogen-bond acceptors (Lipinski definition) is 7. The van der Waals surface area contributed by atoms with Crippen molar-refractivity contribution in [1.29, 1.82) is 0 Å². The molecule has 0 amide bonds. The third-order valence-corrected chi connectivity index (χ3v) is 11.4. The lowest BCUT2D eigenvalue weighted by Crippen LogP contribution is -2.00. The largest absolute Gasteiger partial charge is 0.452 e. The van der Waals surface area contributed by atoms with Gasteiger partial charge in [-0.25, -0.2) is 24.9 Å². The lowest BCUT2D eigenvalue weighted by atomic mass is 10.0. The van der Waals surface area contributed by atoms with E-state index in [9.17, 15) is 0 Å². The predicted octanol–water partition coefficient (Wildman–Crippen LogP) is 12.9. The molecule has 0 aliphatic rings. The fourth-order valence-corrected chi connectivity index (χ4v) is 8.74. The number of furan rings is 1. The molecule has 0 N–H and O–H groups in total. The quantitative estimate of drug-likeness (QED) is 0.169. The van der Waals surface area contributed by atoms with Gasteiger partial charge in [0, 0.05) is 53.4 Å². The molecule has 6 nitrogen and oxygen atoms in total. The smallest absolute Gasteiger partial charge is 0.180 e. The van der Waals surface area contributed by atoms with Crippen LogP contribution in [0.5, 0.6) is 0 Å². The molecule has 4 heterocycles. The Morgan fingerprint density at radius 2 is 0.893 bits per heavy atom. The molecule has 0 saturated carbocycles. The van der Waals surface area contributed by atoms with Gasteiger partial charge in [-0.15, -0.1) is 11.3 Å². The number of rotatable bonds is 6. The maximum Gasteiger partial charge on any atom is 0.180 e. The summed E-state index contributed by atoms with van der Waals surface area (Å²) in [5.41, 5.74) is 10.0. The molecule has 0 aliphatic carbocycles. The molecule has 0 unspecified atom stereocenters. The summed E-state index contributed by atoms with van der Waals surface area (Å²) in [5, 5.41) is 3.14. The molecule has 11 aromatic rings. The summed E-state index contributed by atoms with van der Waals surface area (Å²) in [5.74, 6) is 2.51. The Hall–Kier alpha value is -7.35. The van der Waals surface area contributed by atoms with E-state index >= 15 is 0 Å². The van der Waals surface area contributed by atoms with Gasteiger partial charge in [-0.2, -0.15) is 0 Å². The molecule has 262 valence electrons. The van der Waals surface area contributed by atoms with E-state index in [1.807, 2.05) is 84.9 Å². The predicted molar refractivity (Wildman–Crippen MR) is 228 cm³/mol. The minimum Gasteiger partial charge on any atom is -0.452 e. The van der Waals surface area contributed by atoms with E-state index in [4.69, 9.17) is 29.3 Å². The number of hydrogen-bond donors (Lipinski definition) is 0. The van der Waals surface area contributed by atoms with Gasteiger partial charge in [0.05, 0.1) is 0 Å². The first-order chi connectivity index (χ1) is 27.7. The summed E-state index contributed by atoms with van der Waals surface area (Å²) in [7, 11) is 0. The van der Waals surface area contributed by atoms with E-state index in [1.165, 1.54) is 0 Å². The minimum absolute atomic E-state index is 0.616. The van der Waals surface area contributed by atoms with Gasteiger partial charge in [-0.3, -0.25) is 0 Å². The van der Waals surface area contributed by atoms with E-state index < -0.39 is 0 Å². The molecule has 0 aliphatic heterocycles. The molecule has 0 spiro atoms. The molecule has 0 saturated heterocycles. The van der Waals surface area contributed by atoms with Crippen LogP contribution < -0.4 is 0 Å². The van der Waals surface area contributed by atoms with E-state index in [1.54, 1.807) is 11.3 Å². The number of aromatic nitrogens is 5.